The monoisotopic (exact) mass is 551 g/mol. The molecule has 3 unspecified atom stereocenters. The Balaban J connectivity index is 0.00000450. The van der Waals surface area contributed by atoms with Gasteiger partial charge in [0.1, 0.15) is 0 Å². The fraction of sp³-hybridized carbons (Fsp3) is 0.682. The number of guanidine groups is 1. The van der Waals surface area contributed by atoms with Gasteiger partial charge in [0, 0.05) is 40.9 Å². The second-order valence-corrected chi connectivity index (χ2v) is 9.36. The van der Waals surface area contributed by atoms with Crippen LogP contribution >= 0.6 is 24.0 Å². The standard InChI is InChI=1S/C22H37N3O3S.HI/c1-5-23-22(25-18-10-7-11-19(16-18)29(26)6-2)24-14-8-9-17-12-13-20(27-3)21(15-17)28-4;/h12-13,15,18-19H,5-11,14,16H2,1-4H3,(H2,23,24,25);1H. The van der Waals surface area contributed by atoms with Gasteiger partial charge in [-0.2, -0.15) is 0 Å². The van der Waals surface area contributed by atoms with Gasteiger partial charge in [0.05, 0.1) is 14.2 Å². The largest absolute Gasteiger partial charge is 0.493 e. The third kappa shape index (κ3) is 8.61. The van der Waals surface area contributed by atoms with Crippen LogP contribution in [0.4, 0.5) is 0 Å². The van der Waals surface area contributed by atoms with Gasteiger partial charge in [-0.05, 0) is 56.7 Å². The highest BCUT2D eigenvalue weighted by Gasteiger charge is 2.25. The van der Waals surface area contributed by atoms with Gasteiger partial charge >= 0.3 is 0 Å². The lowest BCUT2D eigenvalue weighted by atomic mass is 9.95. The molecule has 0 aromatic heterocycles. The molecule has 1 saturated carbocycles. The van der Waals surface area contributed by atoms with E-state index in [0.29, 0.717) is 11.3 Å². The molecule has 0 amide bonds. The molecule has 1 aliphatic rings. The van der Waals surface area contributed by atoms with Crippen molar-refractivity contribution in [3.63, 3.8) is 0 Å². The molecule has 1 aromatic rings. The molecule has 30 heavy (non-hydrogen) atoms. The second kappa shape index (κ2) is 14.9. The maximum Gasteiger partial charge on any atom is 0.191 e. The number of nitrogens with zero attached hydrogens (tertiary/aromatic N) is 1. The quantitative estimate of drug-likeness (QED) is 0.200. The molecule has 2 N–H and O–H groups in total. The molecule has 0 aliphatic heterocycles. The van der Waals surface area contributed by atoms with Crippen LogP contribution in [0, 0.1) is 0 Å². The third-order valence-electron chi connectivity index (χ3n) is 5.31. The van der Waals surface area contributed by atoms with E-state index in [2.05, 4.69) is 23.6 Å². The number of benzene rings is 1. The number of rotatable bonds is 10. The second-order valence-electron chi connectivity index (χ2n) is 7.35. The zero-order valence-corrected chi connectivity index (χ0v) is 21.9. The van der Waals surface area contributed by atoms with Gasteiger partial charge in [-0.3, -0.25) is 9.20 Å². The SMILES string of the molecule is CCNC(=NCCCc1ccc(OC)c(OC)c1)NC1CCCC(S(=O)CC)C1.I. The Hall–Kier alpha value is -1.03. The Morgan fingerprint density at radius 1 is 1.20 bits per heavy atom. The summed E-state index contributed by atoms with van der Waals surface area (Å²) in [6.07, 6.45) is 6.19. The fourth-order valence-corrected chi connectivity index (χ4v) is 5.12. The molecule has 0 radical (unpaired) electrons. The van der Waals surface area contributed by atoms with Crippen molar-refractivity contribution >= 4 is 40.7 Å². The van der Waals surface area contributed by atoms with E-state index in [9.17, 15) is 4.21 Å². The Morgan fingerprint density at radius 3 is 2.63 bits per heavy atom. The van der Waals surface area contributed by atoms with E-state index < -0.39 is 10.8 Å². The molecule has 2 rings (SSSR count). The van der Waals surface area contributed by atoms with Crippen LogP contribution in [0.5, 0.6) is 11.5 Å². The molecule has 1 fully saturated rings. The van der Waals surface area contributed by atoms with Gasteiger partial charge in [0.25, 0.3) is 0 Å². The molecule has 0 spiro atoms. The summed E-state index contributed by atoms with van der Waals surface area (Å²) in [7, 11) is 2.60. The summed E-state index contributed by atoms with van der Waals surface area (Å²) >= 11 is 0. The topological polar surface area (TPSA) is 72.0 Å². The van der Waals surface area contributed by atoms with Crippen molar-refractivity contribution in [2.45, 2.75) is 63.7 Å². The highest BCUT2D eigenvalue weighted by molar-refractivity contribution is 14.0. The maximum atomic E-state index is 12.2. The predicted molar refractivity (Wildman–Crippen MR) is 137 cm³/mol. The van der Waals surface area contributed by atoms with Crippen LogP contribution in [0.25, 0.3) is 0 Å². The van der Waals surface area contributed by atoms with Crippen molar-refractivity contribution in [3.05, 3.63) is 23.8 Å². The summed E-state index contributed by atoms with van der Waals surface area (Å²) in [5, 5.41) is 7.23. The average Bonchev–Trinajstić information content (AvgIpc) is 2.76. The molecule has 1 aromatic carbocycles. The van der Waals surface area contributed by atoms with E-state index >= 15 is 0 Å². The van der Waals surface area contributed by atoms with Crippen LogP contribution in [-0.2, 0) is 17.2 Å². The number of ether oxygens (including phenoxy) is 2. The van der Waals surface area contributed by atoms with E-state index in [1.807, 2.05) is 19.1 Å². The molecule has 0 heterocycles. The van der Waals surface area contributed by atoms with Crippen molar-refractivity contribution in [2.75, 3.05) is 33.1 Å². The number of aryl methyl sites for hydroxylation is 1. The van der Waals surface area contributed by atoms with Gasteiger partial charge in [-0.25, -0.2) is 0 Å². The van der Waals surface area contributed by atoms with Crippen LogP contribution in [0.3, 0.4) is 0 Å². The zero-order valence-electron chi connectivity index (χ0n) is 18.7. The van der Waals surface area contributed by atoms with Gasteiger partial charge < -0.3 is 20.1 Å². The van der Waals surface area contributed by atoms with E-state index in [0.717, 1.165) is 74.8 Å². The summed E-state index contributed by atoms with van der Waals surface area (Å²) in [5.74, 6) is 3.14. The zero-order chi connectivity index (χ0) is 21.1. The summed E-state index contributed by atoms with van der Waals surface area (Å²) in [6, 6.07) is 6.41. The van der Waals surface area contributed by atoms with Gasteiger partial charge in [0.2, 0.25) is 0 Å². The van der Waals surface area contributed by atoms with Gasteiger partial charge in [-0.1, -0.05) is 19.4 Å². The summed E-state index contributed by atoms with van der Waals surface area (Å²) in [4.78, 5) is 4.75. The van der Waals surface area contributed by atoms with E-state index in [4.69, 9.17) is 14.5 Å². The lowest BCUT2D eigenvalue weighted by Gasteiger charge is -2.30. The lowest BCUT2D eigenvalue weighted by Crippen LogP contribution is -2.46. The van der Waals surface area contributed by atoms with Crippen molar-refractivity contribution < 1.29 is 13.7 Å². The van der Waals surface area contributed by atoms with Crippen LogP contribution in [-0.4, -0.2) is 54.5 Å². The number of hydrogen-bond acceptors (Lipinski definition) is 4. The van der Waals surface area contributed by atoms with Crippen LogP contribution in [0.1, 0.15) is 51.5 Å². The third-order valence-corrected chi connectivity index (χ3v) is 7.05. The molecule has 6 nitrogen and oxygen atoms in total. The van der Waals surface area contributed by atoms with Crippen LogP contribution < -0.4 is 20.1 Å². The first-order valence-electron chi connectivity index (χ1n) is 10.7. The molecular weight excluding hydrogens is 513 g/mol. The summed E-state index contributed by atoms with van der Waals surface area (Å²) in [6.45, 7) is 5.67. The lowest BCUT2D eigenvalue weighted by molar-refractivity contribution is 0.354. The molecule has 0 saturated heterocycles. The fourth-order valence-electron chi connectivity index (χ4n) is 3.77. The van der Waals surface area contributed by atoms with Crippen molar-refractivity contribution in [1.29, 1.82) is 0 Å². The number of aliphatic imine (C=N–C) groups is 1. The smallest absolute Gasteiger partial charge is 0.191 e. The van der Waals surface area contributed by atoms with Gasteiger partial charge in [0.15, 0.2) is 17.5 Å². The highest BCUT2D eigenvalue weighted by atomic mass is 127. The van der Waals surface area contributed by atoms with Crippen molar-refractivity contribution in [1.82, 2.24) is 10.6 Å². The van der Waals surface area contributed by atoms with Crippen LogP contribution in [0.2, 0.25) is 0 Å². The van der Waals surface area contributed by atoms with Crippen molar-refractivity contribution in [2.24, 2.45) is 4.99 Å². The predicted octanol–water partition coefficient (Wildman–Crippen LogP) is 3.89. The minimum Gasteiger partial charge on any atom is -0.493 e. The highest BCUT2D eigenvalue weighted by Crippen LogP contribution is 2.28. The maximum absolute atomic E-state index is 12.2. The van der Waals surface area contributed by atoms with E-state index in [1.54, 1.807) is 14.2 Å². The average molecular weight is 552 g/mol. The Labute approximate surface area is 201 Å². The Morgan fingerprint density at radius 2 is 1.97 bits per heavy atom. The first-order chi connectivity index (χ1) is 14.1. The number of methoxy groups -OCH3 is 2. The summed E-state index contributed by atoms with van der Waals surface area (Å²) in [5.41, 5.74) is 1.22. The van der Waals surface area contributed by atoms with Gasteiger partial charge in [-0.15, -0.1) is 24.0 Å². The Kier molecular flexibility index (Phi) is 13.4. The molecule has 1 aliphatic carbocycles. The first kappa shape index (κ1) is 27.0. The number of halogens is 1. The molecule has 172 valence electrons. The minimum absolute atomic E-state index is 0. The Bertz CT molecular complexity index is 688. The first-order valence-corrected chi connectivity index (χ1v) is 12.1. The number of hydrogen-bond donors (Lipinski definition) is 2. The number of nitrogens with one attached hydrogen (secondary N) is 2. The normalized spacial score (nSPS) is 20.1. The molecule has 8 heteroatoms. The molecule has 0 bridgehead atoms. The van der Waals surface area contributed by atoms with E-state index in [-0.39, 0.29) is 24.0 Å². The minimum atomic E-state index is -0.706. The summed E-state index contributed by atoms with van der Waals surface area (Å²) < 4.78 is 22.8. The molecule has 3 atom stereocenters. The van der Waals surface area contributed by atoms with Crippen molar-refractivity contribution in [3.8, 4) is 11.5 Å². The molecular formula is C22H38IN3O3S. The van der Waals surface area contributed by atoms with E-state index in [1.165, 1.54) is 5.56 Å². The van der Waals surface area contributed by atoms with Crippen LogP contribution in [0.15, 0.2) is 23.2 Å².